The van der Waals surface area contributed by atoms with Gasteiger partial charge in [-0.15, -0.1) is 0 Å². The normalized spacial score (nSPS) is 21.5. The minimum atomic E-state index is -3.28. The molecule has 2 atom stereocenters. The van der Waals surface area contributed by atoms with Gasteiger partial charge in [-0.25, -0.2) is 8.42 Å². The summed E-state index contributed by atoms with van der Waals surface area (Å²) in [6.45, 7) is 1.57. The van der Waals surface area contributed by atoms with Crippen LogP contribution in [0.2, 0.25) is 0 Å². The molecule has 1 aromatic carbocycles. The van der Waals surface area contributed by atoms with Crippen molar-refractivity contribution in [2.24, 2.45) is 11.7 Å². The maximum Gasteiger partial charge on any atom is 0.232 e. The van der Waals surface area contributed by atoms with Crippen molar-refractivity contribution in [3.63, 3.8) is 0 Å². The van der Waals surface area contributed by atoms with E-state index in [9.17, 15) is 13.2 Å². The van der Waals surface area contributed by atoms with Crippen LogP contribution in [0.4, 0.5) is 11.4 Å². The van der Waals surface area contributed by atoms with E-state index in [2.05, 4.69) is 10.0 Å². The van der Waals surface area contributed by atoms with Gasteiger partial charge in [0.15, 0.2) is 0 Å². The number of sulfonamides is 1. The summed E-state index contributed by atoms with van der Waals surface area (Å²) in [7, 11) is -3.28. The van der Waals surface area contributed by atoms with Crippen LogP contribution >= 0.6 is 0 Å². The zero-order valence-corrected chi connectivity index (χ0v) is 13.5. The molecule has 1 aliphatic carbocycles. The molecule has 2 rings (SSSR count). The first kappa shape index (κ1) is 16.8. The minimum absolute atomic E-state index is 0.0210. The van der Waals surface area contributed by atoms with Gasteiger partial charge in [-0.05, 0) is 49.9 Å². The Labute approximate surface area is 131 Å². The molecule has 0 unspecified atom stereocenters. The minimum Gasteiger partial charge on any atom is -0.327 e. The Morgan fingerprint density at radius 1 is 1.23 bits per heavy atom. The van der Waals surface area contributed by atoms with Crippen LogP contribution in [-0.2, 0) is 14.8 Å². The highest BCUT2D eigenvalue weighted by Crippen LogP contribution is 2.27. The zero-order chi connectivity index (χ0) is 16.2. The van der Waals surface area contributed by atoms with E-state index in [1.165, 1.54) is 0 Å². The SMILES string of the molecule is CCS(=O)(=O)Nc1ccc(NC(=O)C[C@@H]2CCC[C@H]2N)cc1. The van der Waals surface area contributed by atoms with Crippen molar-refractivity contribution in [2.45, 2.75) is 38.6 Å². The second kappa shape index (κ2) is 7.11. The van der Waals surface area contributed by atoms with Gasteiger partial charge in [0.05, 0.1) is 5.75 Å². The van der Waals surface area contributed by atoms with Gasteiger partial charge in [0, 0.05) is 23.8 Å². The maximum absolute atomic E-state index is 12.0. The van der Waals surface area contributed by atoms with E-state index in [-0.39, 0.29) is 23.6 Å². The summed E-state index contributed by atoms with van der Waals surface area (Å²) in [4.78, 5) is 12.0. The third-order valence-corrected chi connectivity index (χ3v) is 5.29. The number of hydrogen-bond donors (Lipinski definition) is 3. The van der Waals surface area contributed by atoms with E-state index >= 15 is 0 Å². The molecule has 0 aliphatic heterocycles. The number of hydrogen-bond acceptors (Lipinski definition) is 4. The fraction of sp³-hybridized carbons (Fsp3) is 0.533. The Balaban J connectivity index is 1.89. The molecule has 4 N–H and O–H groups in total. The first-order valence-electron chi connectivity index (χ1n) is 7.55. The lowest BCUT2D eigenvalue weighted by Gasteiger charge is -2.15. The summed E-state index contributed by atoms with van der Waals surface area (Å²) in [5.74, 6) is 0.229. The second-order valence-corrected chi connectivity index (χ2v) is 7.70. The highest BCUT2D eigenvalue weighted by atomic mass is 32.2. The highest BCUT2D eigenvalue weighted by molar-refractivity contribution is 7.92. The molecule has 122 valence electrons. The molecule has 1 amide bonds. The van der Waals surface area contributed by atoms with Crippen molar-refractivity contribution in [1.82, 2.24) is 0 Å². The van der Waals surface area contributed by atoms with Crippen LogP contribution in [0.3, 0.4) is 0 Å². The summed E-state index contributed by atoms with van der Waals surface area (Å²) in [6.07, 6.45) is 3.52. The van der Waals surface area contributed by atoms with Gasteiger partial charge in [-0.2, -0.15) is 0 Å². The Bertz CT molecular complexity index is 613. The molecule has 0 radical (unpaired) electrons. The van der Waals surface area contributed by atoms with Crippen molar-refractivity contribution in [3.8, 4) is 0 Å². The summed E-state index contributed by atoms with van der Waals surface area (Å²) in [6, 6.07) is 6.74. The van der Waals surface area contributed by atoms with Crippen molar-refractivity contribution in [1.29, 1.82) is 0 Å². The van der Waals surface area contributed by atoms with Gasteiger partial charge in [0.25, 0.3) is 0 Å². The molecule has 1 fully saturated rings. The second-order valence-electron chi connectivity index (χ2n) is 5.69. The average molecular weight is 325 g/mol. The van der Waals surface area contributed by atoms with Crippen LogP contribution in [0.5, 0.6) is 0 Å². The summed E-state index contributed by atoms with van der Waals surface area (Å²) in [5, 5.41) is 2.82. The lowest BCUT2D eigenvalue weighted by Crippen LogP contribution is -2.28. The Morgan fingerprint density at radius 2 is 1.86 bits per heavy atom. The lowest BCUT2D eigenvalue weighted by atomic mass is 10.00. The molecular formula is C15H23N3O3S. The van der Waals surface area contributed by atoms with E-state index in [0.29, 0.717) is 17.8 Å². The number of anilines is 2. The molecule has 1 aromatic rings. The van der Waals surface area contributed by atoms with Gasteiger partial charge >= 0.3 is 0 Å². The third kappa shape index (κ3) is 4.71. The standard InChI is InChI=1S/C15H23N3O3S/c1-2-22(20,21)18-13-8-6-12(7-9-13)17-15(19)10-11-4-3-5-14(11)16/h6-9,11,14,18H,2-5,10,16H2,1H3,(H,17,19)/t11-,14+/m0/s1. The van der Waals surface area contributed by atoms with Crippen LogP contribution < -0.4 is 15.8 Å². The quantitative estimate of drug-likeness (QED) is 0.743. The van der Waals surface area contributed by atoms with Crippen molar-refractivity contribution >= 4 is 27.3 Å². The monoisotopic (exact) mass is 325 g/mol. The van der Waals surface area contributed by atoms with Crippen molar-refractivity contribution in [3.05, 3.63) is 24.3 Å². The van der Waals surface area contributed by atoms with Gasteiger partial charge in [-0.3, -0.25) is 9.52 Å². The van der Waals surface area contributed by atoms with Crippen LogP contribution in [0.15, 0.2) is 24.3 Å². The number of carbonyl (C=O) groups is 1. The average Bonchev–Trinajstić information content (AvgIpc) is 2.86. The number of nitrogens with two attached hydrogens (primary N) is 1. The molecule has 22 heavy (non-hydrogen) atoms. The number of amides is 1. The molecule has 6 nitrogen and oxygen atoms in total. The van der Waals surface area contributed by atoms with Crippen LogP contribution in [0.25, 0.3) is 0 Å². The number of rotatable bonds is 6. The van der Waals surface area contributed by atoms with E-state index < -0.39 is 10.0 Å². The third-order valence-electron chi connectivity index (χ3n) is 3.99. The molecule has 0 bridgehead atoms. The molecular weight excluding hydrogens is 302 g/mol. The van der Waals surface area contributed by atoms with E-state index in [1.807, 2.05) is 0 Å². The molecule has 0 saturated heterocycles. The first-order valence-corrected chi connectivity index (χ1v) is 9.21. The van der Waals surface area contributed by atoms with Crippen LogP contribution in [-0.4, -0.2) is 26.1 Å². The summed E-state index contributed by atoms with van der Waals surface area (Å²) < 4.78 is 25.4. The Morgan fingerprint density at radius 3 is 2.41 bits per heavy atom. The summed E-state index contributed by atoms with van der Waals surface area (Å²) >= 11 is 0. The molecule has 7 heteroatoms. The van der Waals surface area contributed by atoms with Crippen molar-refractivity contribution in [2.75, 3.05) is 15.8 Å². The Kier molecular flexibility index (Phi) is 5.42. The molecule has 0 heterocycles. The largest absolute Gasteiger partial charge is 0.327 e. The van der Waals surface area contributed by atoms with Gasteiger partial charge in [0.1, 0.15) is 0 Å². The molecule has 1 aliphatic rings. The van der Waals surface area contributed by atoms with Gasteiger partial charge in [-0.1, -0.05) is 6.42 Å². The fourth-order valence-corrected chi connectivity index (χ4v) is 3.28. The zero-order valence-electron chi connectivity index (χ0n) is 12.7. The topological polar surface area (TPSA) is 101 Å². The number of carbonyl (C=O) groups excluding carboxylic acids is 1. The number of benzene rings is 1. The maximum atomic E-state index is 12.0. The lowest BCUT2D eigenvalue weighted by molar-refractivity contribution is -0.117. The number of nitrogens with one attached hydrogen (secondary N) is 2. The predicted octanol–water partition coefficient (Wildman–Crippen LogP) is 1.90. The van der Waals surface area contributed by atoms with E-state index in [0.717, 1.165) is 19.3 Å². The highest BCUT2D eigenvalue weighted by Gasteiger charge is 2.25. The van der Waals surface area contributed by atoms with Crippen LogP contribution in [0, 0.1) is 5.92 Å². The molecule has 0 spiro atoms. The molecule has 0 aromatic heterocycles. The summed E-state index contributed by atoms with van der Waals surface area (Å²) in [5.41, 5.74) is 7.10. The smallest absolute Gasteiger partial charge is 0.232 e. The van der Waals surface area contributed by atoms with E-state index in [1.54, 1.807) is 31.2 Å². The van der Waals surface area contributed by atoms with E-state index in [4.69, 9.17) is 5.73 Å². The fourth-order valence-electron chi connectivity index (χ4n) is 2.64. The van der Waals surface area contributed by atoms with Gasteiger partial charge in [0.2, 0.25) is 15.9 Å². The molecule has 1 saturated carbocycles. The first-order chi connectivity index (χ1) is 10.4. The Hall–Kier alpha value is -1.60. The predicted molar refractivity (Wildman–Crippen MR) is 88.1 cm³/mol. The van der Waals surface area contributed by atoms with Gasteiger partial charge < -0.3 is 11.1 Å². The van der Waals surface area contributed by atoms with Crippen LogP contribution in [0.1, 0.15) is 32.6 Å². The van der Waals surface area contributed by atoms with Crippen molar-refractivity contribution < 1.29 is 13.2 Å².